The number of hydrogen-bond donors (Lipinski definition) is 0. The molecule has 0 bridgehead atoms. The maximum absolute atomic E-state index is 5.76. The molecule has 5 heteroatoms. The van der Waals surface area contributed by atoms with Crippen molar-refractivity contribution in [2.24, 2.45) is 0 Å². The predicted molar refractivity (Wildman–Crippen MR) is 219 cm³/mol. The lowest BCUT2D eigenvalue weighted by Gasteiger charge is -2.15. The van der Waals surface area contributed by atoms with Crippen LogP contribution in [0, 0.1) is 0 Å². The summed E-state index contributed by atoms with van der Waals surface area (Å²) in [6, 6.07) is 55.9. The Hall–Kier alpha value is -6.56. The number of rotatable bonds is 4. The van der Waals surface area contributed by atoms with Gasteiger partial charge in [0.15, 0.2) is 5.82 Å². The molecule has 0 aliphatic rings. The van der Waals surface area contributed by atoms with Crippen molar-refractivity contribution < 1.29 is 4.74 Å². The zero-order valence-electron chi connectivity index (χ0n) is 28.2. The van der Waals surface area contributed by atoms with Crippen LogP contribution in [-0.4, -0.2) is 21.6 Å². The van der Waals surface area contributed by atoms with Crippen molar-refractivity contribution in [3.05, 3.63) is 158 Å². The molecule has 0 N–H and O–H groups in total. The van der Waals surface area contributed by atoms with E-state index in [-0.39, 0.29) is 0 Å². The highest BCUT2D eigenvalue weighted by molar-refractivity contribution is 7.27. The summed E-state index contributed by atoms with van der Waals surface area (Å²) < 4.78 is 10.7. The lowest BCUT2D eigenvalue weighted by atomic mass is 9.95. The Kier molecular flexibility index (Phi) is 6.30. The van der Waals surface area contributed by atoms with Crippen LogP contribution in [-0.2, 0) is 0 Å². The molecule has 244 valence electrons. The van der Waals surface area contributed by atoms with Gasteiger partial charge in [0, 0.05) is 58.9 Å². The molecule has 0 radical (unpaired) electrons. The molecule has 3 heterocycles. The molecule has 4 nitrogen and oxygen atoms in total. The molecule has 3 aromatic heterocycles. The predicted octanol–water partition coefficient (Wildman–Crippen LogP) is 12.7. The number of benzene rings is 8. The molecule has 8 aromatic carbocycles. The van der Waals surface area contributed by atoms with Crippen LogP contribution < -0.4 is 4.74 Å². The van der Waals surface area contributed by atoms with Crippen LogP contribution in [0.2, 0.25) is 0 Å². The molecule has 0 spiro atoms. The highest BCUT2D eigenvalue weighted by Crippen LogP contribution is 2.51. The first-order valence-corrected chi connectivity index (χ1v) is 18.3. The van der Waals surface area contributed by atoms with Crippen molar-refractivity contribution in [1.82, 2.24) is 14.5 Å². The van der Waals surface area contributed by atoms with E-state index in [1.165, 1.54) is 63.3 Å². The summed E-state index contributed by atoms with van der Waals surface area (Å²) >= 11 is 1.86. The molecule has 0 saturated heterocycles. The summed E-state index contributed by atoms with van der Waals surface area (Å²) in [7, 11) is 1.74. The summed E-state index contributed by atoms with van der Waals surface area (Å²) in [4.78, 5) is 10.6. The largest absolute Gasteiger partial charge is 0.497 e. The molecule has 0 unspecified atom stereocenters. The third-order valence-corrected chi connectivity index (χ3v) is 11.6. The molecule has 0 amide bonds. The van der Waals surface area contributed by atoms with Crippen molar-refractivity contribution in [3.8, 4) is 34.2 Å². The Labute approximate surface area is 302 Å². The van der Waals surface area contributed by atoms with Crippen LogP contribution in [0.25, 0.3) is 103 Å². The number of methoxy groups -OCH3 is 1. The van der Waals surface area contributed by atoms with Gasteiger partial charge in [0.2, 0.25) is 0 Å². The Morgan fingerprint density at radius 2 is 1.04 bits per heavy atom. The number of thiophene rings is 1. The molecular formula is C47H29N3OS. The van der Waals surface area contributed by atoms with Gasteiger partial charge in [-0.1, -0.05) is 133 Å². The van der Waals surface area contributed by atoms with Gasteiger partial charge in [-0.15, -0.1) is 11.3 Å². The second-order valence-electron chi connectivity index (χ2n) is 13.3. The van der Waals surface area contributed by atoms with Gasteiger partial charge in [0.05, 0.1) is 23.8 Å². The lowest BCUT2D eigenvalue weighted by molar-refractivity contribution is 0.415. The zero-order valence-corrected chi connectivity index (χ0v) is 29.0. The second kappa shape index (κ2) is 11.2. The molecule has 0 fully saturated rings. The van der Waals surface area contributed by atoms with Gasteiger partial charge in [-0.05, 0) is 39.7 Å². The van der Waals surface area contributed by atoms with E-state index in [1.54, 1.807) is 7.11 Å². The molecule has 0 saturated carbocycles. The van der Waals surface area contributed by atoms with Crippen molar-refractivity contribution in [1.29, 1.82) is 0 Å². The van der Waals surface area contributed by atoms with Gasteiger partial charge < -0.3 is 4.74 Å². The van der Waals surface area contributed by atoms with E-state index in [4.69, 9.17) is 14.7 Å². The minimum atomic E-state index is 0.691. The Bertz CT molecular complexity index is 3160. The van der Waals surface area contributed by atoms with Gasteiger partial charge in [0.1, 0.15) is 11.6 Å². The molecular weight excluding hydrogens is 655 g/mol. The van der Waals surface area contributed by atoms with E-state index in [9.17, 15) is 0 Å². The molecule has 0 aliphatic heterocycles. The fourth-order valence-electron chi connectivity index (χ4n) is 8.23. The van der Waals surface area contributed by atoms with Gasteiger partial charge in [-0.2, -0.15) is 0 Å². The SMILES string of the molecule is COc1ccc2sc3c(c2c1)c1ccccc1c1c3c2c3ccccc3c3ccccc3c2n1-c1cc(-c2ccccc2)nc(-c2ccccc2)n1. The minimum Gasteiger partial charge on any atom is -0.497 e. The molecule has 52 heavy (non-hydrogen) atoms. The van der Waals surface area contributed by atoms with E-state index >= 15 is 0 Å². The third-order valence-electron chi connectivity index (χ3n) is 10.5. The molecule has 11 rings (SSSR count). The number of nitrogens with zero attached hydrogens (tertiary/aromatic N) is 3. The third kappa shape index (κ3) is 4.14. The van der Waals surface area contributed by atoms with Gasteiger partial charge in [0.25, 0.3) is 0 Å². The minimum absolute atomic E-state index is 0.691. The highest BCUT2D eigenvalue weighted by Gasteiger charge is 2.26. The number of ether oxygens (including phenoxy) is 1. The second-order valence-corrected chi connectivity index (χ2v) is 14.3. The average Bonchev–Trinajstić information content (AvgIpc) is 3.79. The fourth-order valence-corrected chi connectivity index (χ4v) is 9.48. The van der Waals surface area contributed by atoms with Gasteiger partial charge >= 0.3 is 0 Å². The number of aromatic nitrogens is 3. The Balaban J connectivity index is 1.44. The van der Waals surface area contributed by atoms with Crippen molar-refractivity contribution in [2.75, 3.05) is 7.11 Å². The average molecular weight is 684 g/mol. The first-order chi connectivity index (χ1) is 25.8. The number of hydrogen-bond acceptors (Lipinski definition) is 4. The topological polar surface area (TPSA) is 39.9 Å². The maximum Gasteiger partial charge on any atom is 0.162 e. The summed E-state index contributed by atoms with van der Waals surface area (Å²) in [5.41, 5.74) is 5.20. The molecule has 0 aliphatic carbocycles. The fraction of sp³-hybridized carbons (Fsp3) is 0.0213. The Morgan fingerprint density at radius 1 is 0.481 bits per heavy atom. The Morgan fingerprint density at radius 3 is 1.73 bits per heavy atom. The summed E-state index contributed by atoms with van der Waals surface area (Å²) in [6.07, 6.45) is 0. The molecule has 11 aromatic rings. The van der Waals surface area contributed by atoms with E-state index < -0.39 is 0 Å². The van der Waals surface area contributed by atoms with E-state index in [0.717, 1.165) is 39.4 Å². The monoisotopic (exact) mass is 683 g/mol. The first-order valence-electron chi connectivity index (χ1n) is 17.5. The zero-order chi connectivity index (χ0) is 34.3. The summed E-state index contributed by atoms with van der Waals surface area (Å²) in [6.45, 7) is 0. The standard InChI is InChI=1S/C47H29N3OS/c1-51-30-24-25-39-37(26-30)41-34-21-11-13-23-36(34)45-43(46(41)52-39)42-33-20-10-8-18-31(33)32-19-9-12-22-35(32)44(42)50(45)40-27-38(28-14-4-2-5-15-28)48-47(49-40)29-16-6-3-7-17-29/h2-27H,1H3. The van der Waals surface area contributed by atoms with Crippen LogP contribution in [0.4, 0.5) is 0 Å². The van der Waals surface area contributed by atoms with Crippen LogP contribution in [0.5, 0.6) is 5.75 Å². The van der Waals surface area contributed by atoms with Gasteiger partial charge in [-0.25, -0.2) is 9.97 Å². The van der Waals surface area contributed by atoms with E-state index in [2.05, 4.69) is 138 Å². The van der Waals surface area contributed by atoms with Crippen LogP contribution >= 0.6 is 11.3 Å². The first kappa shape index (κ1) is 29.2. The van der Waals surface area contributed by atoms with Gasteiger partial charge in [-0.3, -0.25) is 4.57 Å². The van der Waals surface area contributed by atoms with Crippen molar-refractivity contribution in [3.63, 3.8) is 0 Å². The smallest absolute Gasteiger partial charge is 0.162 e. The van der Waals surface area contributed by atoms with E-state index in [1.807, 2.05) is 35.6 Å². The summed E-state index contributed by atoms with van der Waals surface area (Å²) in [5.74, 6) is 2.38. The van der Waals surface area contributed by atoms with Crippen LogP contribution in [0.15, 0.2) is 158 Å². The van der Waals surface area contributed by atoms with Crippen LogP contribution in [0.1, 0.15) is 0 Å². The maximum atomic E-state index is 5.76. The van der Waals surface area contributed by atoms with Crippen molar-refractivity contribution in [2.45, 2.75) is 0 Å². The highest BCUT2D eigenvalue weighted by atomic mass is 32.1. The molecule has 0 atom stereocenters. The normalized spacial score (nSPS) is 11.9. The number of fused-ring (bicyclic) bond motifs is 15. The van der Waals surface area contributed by atoms with Crippen LogP contribution in [0.3, 0.4) is 0 Å². The quantitative estimate of drug-likeness (QED) is 0.173. The van der Waals surface area contributed by atoms with Crippen molar-refractivity contribution >= 4 is 85.6 Å². The lowest BCUT2D eigenvalue weighted by Crippen LogP contribution is -2.03. The van der Waals surface area contributed by atoms with E-state index in [0.29, 0.717) is 5.82 Å². The summed E-state index contributed by atoms with van der Waals surface area (Å²) in [5, 5.41) is 12.2.